The lowest BCUT2D eigenvalue weighted by Crippen LogP contribution is -2.48. The summed E-state index contributed by atoms with van der Waals surface area (Å²) < 4.78 is 7.69. The fraction of sp³-hybridized carbons (Fsp3) is 0.545. The van der Waals surface area contributed by atoms with Gasteiger partial charge in [0.1, 0.15) is 5.82 Å². The molecule has 1 aliphatic rings. The molecule has 2 heterocycles. The summed E-state index contributed by atoms with van der Waals surface area (Å²) in [7, 11) is 0. The number of ether oxygens (including phenoxy) is 1. The highest BCUT2D eigenvalue weighted by molar-refractivity contribution is 5.77. The third-order valence-electron chi connectivity index (χ3n) is 5.61. The van der Waals surface area contributed by atoms with Gasteiger partial charge in [0.15, 0.2) is 0 Å². The van der Waals surface area contributed by atoms with Crippen molar-refractivity contribution in [1.82, 2.24) is 14.5 Å². The van der Waals surface area contributed by atoms with Crippen molar-refractivity contribution < 1.29 is 9.53 Å². The summed E-state index contributed by atoms with van der Waals surface area (Å²) in [4.78, 5) is 19.8. The van der Waals surface area contributed by atoms with Crippen LogP contribution in [0.25, 0.3) is 0 Å². The number of rotatable bonds is 8. The quantitative estimate of drug-likeness (QED) is 0.666. The first-order valence-corrected chi connectivity index (χ1v) is 10.1. The van der Waals surface area contributed by atoms with Gasteiger partial charge in [0, 0.05) is 25.5 Å². The molecule has 0 radical (unpaired) electrons. The van der Waals surface area contributed by atoms with E-state index in [-0.39, 0.29) is 5.97 Å². The van der Waals surface area contributed by atoms with Crippen LogP contribution in [0.2, 0.25) is 0 Å². The average Bonchev–Trinajstić information content (AvgIpc) is 3.15. The molecule has 0 N–H and O–H groups in total. The summed E-state index contributed by atoms with van der Waals surface area (Å²) in [6, 6.07) is 10.4. The number of imidazole rings is 1. The summed E-state index contributed by atoms with van der Waals surface area (Å²) in [5.41, 5.74) is 0.855. The summed E-state index contributed by atoms with van der Waals surface area (Å²) in [5.74, 6) is 1.03. The van der Waals surface area contributed by atoms with Gasteiger partial charge in [-0.15, -0.1) is 0 Å². The minimum atomic E-state index is -0.423. The van der Waals surface area contributed by atoms with E-state index >= 15 is 0 Å². The Morgan fingerprint density at radius 1 is 1.26 bits per heavy atom. The molecule has 1 fully saturated rings. The third-order valence-corrected chi connectivity index (χ3v) is 5.61. The summed E-state index contributed by atoms with van der Waals surface area (Å²) >= 11 is 0. The molecular weight excluding hydrogens is 338 g/mol. The predicted molar refractivity (Wildman–Crippen MR) is 106 cm³/mol. The number of hydrogen-bond donors (Lipinski definition) is 0. The van der Waals surface area contributed by atoms with Gasteiger partial charge >= 0.3 is 5.97 Å². The van der Waals surface area contributed by atoms with Gasteiger partial charge < -0.3 is 9.30 Å². The largest absolute Gasteiger partial charge is 0.466 e. The smallest absolute Gasteiger partial charge is 0.313 e. The third kappa shape index (κ3) is 4.78. The first-order chi connectivity index (χ1) is 13.2. The van der Waals surface area contributed by atoms with Crippen molar-refractivity contribution in [1.29, 1.82) is 0 Å². The first-order valence-electron chi connectivity index (χ1n) is 10.1. The van der Waals surface area contributed by atoms with Crippen LogP contribution in [-0.4, -0.2) is 40.1 Å². The first kappa shape index (κ1) is 19.6. The molecule has 1 aromatic carbocycles. The van der Waals surface area contributed by atoms with Gasteiger partial charge in [-0.1, -0.05) is 30.3 Å². The molecule has 1 aliphatic heterocycles. The van der Waals surface area contributed by atoms with E-state index in [1.165, 1.54) is 5.56 Å². The second-order valence-corrected chi connectivity index (χ2v) is 7.43. The van der Waals surface area contributed by atoms with Gasteiger partial charge in [-0.25, -0.2) is 4.98 Å². The monoisotopic (exact) mass is 369 g/mol. The topological polar surface area (TPSA) is 47.4 Å². The standard InChI is InChI=1S/C22H31N3O2/c1-3-25-16-14-23-20(25)17-24-15-8-12-22(18-24,21(26)27-4-2)13-11-19-9-6-5-7-10-19/h5-7,9-10,14,16H,3-4,8,11-13,15,17-18H2,1-2H3/t22-/m1/s1. The van der Waals surface area contributed by atoms with Crippen LogP contribution in [0.4, 0.5) is 0 Å². The Hall–Kier alpha value is -2.14. The number of benzene rings is 1. The molecular formula is C22H31N3O2. The molecule has 5 heteroatoms. The Bertz CT molecular complexity index is 728. The van der Waals surface area contributed by atoms with Crippen LogP contribution in [0, 0.1) is 5.41 Å². The molecule has 146 valence electrons. The molecule has 1 saturated heterocycles. The van der Waals surface area contributed by atoms with Crippen molar-refractivity contribution in [2.24, 2.45) is 5.41 Å². The number of piperidine rings is 1. The maximum atomic E-state index is 12.9. The van der Waals surface area contributed by atoms with Crippen molar-refractivity contribution in [2.45, 2.75) is 52.6 Å². The second kappa shape index (κ2) is 9.18. The molecule has 5 nitrogen and oxygen atoms in total. The van der Waals surface area contributed by atoms with Gasteiger partial charge in [0.25, 0.3) is 0 Å². The van der Waals surface area contributed by atoms with Crippen LogP contribution in [0.3, 0.4) is 0 Å². The summed E-state index contributed by atoms with van der Waals surface area (Å²) in [5, 5.41) is 0. The fourth-order valence-corrected chi connectivity index (χ4v) is 4.13. The highest BCUT2D eigenvalue weighted by Gasteiger charge is 2.43. The molecule has 27 heavy (non-hydrogen) atoms. The molecule has 0 bridgehead atoms. The van der Waals surface area contributed by atoms with E-state index < -0.39 is 5.41 Å². The zero-order chi connectivity index (χ0) is 19.1. The number of nitrogens with zero attached hydrogens (tertiary/aromatic N) is 3. The molecule has 2 aromatic rings. The van der Waals surface area contributed by atoms with Gasteiger partial charge in [0.05, 0.1) is 18.6 Å². The number of carbonyl (C=O) groups is 1. The van der Waals surface area contributed by atoms with E-state index in [1.54, 1.807) is 0 Å². The van der Waals surface area contributed by atoms with Crippen LogP contribution in [-0.2, 0) is 29.0 Å². The molecule has 0 aliphatic carbocycles. The van der Waals surface area contributed by atoms with Gasteiger partial charge in [-0.2, -0.15) is 0 Å². The van der Waals surface area contributed by atoms with Crippen LogP contribution in [0.1, 0.15) is 44.5 Å². The van der Waals surface area contributed by atoms with Gasteiger partial charge in [0.2, 0.25) is 0 Å². The number of carbonyl (C=O) groups excluding carboxylic acids is 1. The molecule has 1 aromatic heterocycles. The van der Waals surface area contributed by atoms with Crippen LogP contribution < -0.4 is 0 Å². The number of esters is 1. The molecule has 0 amide bonds. The van der Waals surface area contributed by atoms with Gasteiger partial charge in [-0.3, -0.25) is 9.69 Å². The summed E-state index contributed by atoms with van der Waals surface area (Å²) in [6.07, 6.45) is 7.52. The normalized spacial score (nSPS) is 20.5. The molecule has 0 unspecified atom stereocenters. The van der Waals surface area contributed by atoms with Crippen molar-refractivity contribution in [2.75, 3.05) is 19.7 Å². The Kier molecular flexibility index (Phi) is 6.67. The Morgan fingerprint density at radius 2 is 2.07 bits per heavy atom. The number of aromatic nitrogens is 2. The molecule has 1 atom stereocenters. The maximum absolute atomic E-state index is 12.9. The van der Waals surface area contributed by atoms with E-state index in [2.05, 4.69) is 45.6 Å². The van der Waals surface area contributed by atoms with E-state index in [0.29, 0.717) is 6.61 Å². The maximum Gasteiger partial charge on any atom is 0.313 e. The highest BCUT2D eigenvalue weighted by Crippen LogP contribution is 2.36. The lowest BCUT2D eigenvalue weighted by Gasteiger charge is -2.41. The van der Waals surface area contributed by atoms with Crippen molar-refractivity contribution in [3.05, 3.63) is 54.1 Å². The van der Waals surface area contributed by atoms with Crippen molar-refractivity contribution in [3.8, 4) is 0 Å². The fourth-order valence-electron chi connectivity index (χ4n) is 4.13. The number of hydrogen-bond acceptors (Lipinski definition) is 4. The Morgan fingerprint density at radius 3 is 2.81 bits per heavy atom. The molecule has 0 spiro atoms. The Labute approximate surface area is 162 Å². The zero-order valence-corrected chi connectivity index (χ0v) is 16.6. The average molecular weight is 370 g/mol. The lowest BCUT2D eigenvalue weighted by atomic mass is 9.75. The molecule has 3 rings (SSSR count). The zero-order valence-electron chi connectivity index (χ0n) is 16.6. The minimum absolute atomic E-state index is 0.0375. The van der Waals surface area contributed by atoms with E-state index in [0.717, 1.165) is 57.7 Å². The Balaban J connectivity index is 1.74. The highest BCUT2D eigenvalue weighted by atomic mass is 16.5. The van der Waals surface area contributed by atoms with E-state index in [1.807, 2.05) is 25.4 Å². The van der Waals surface area contributed by atoms with Crippen LogP contribution >= 0.6 is 0 Å². The molecule has 0 saturated carbocycles. The second-order valence-electron chi connectivity index (χ2n) is 7.43. The van der Waals surface area contributed by atoms with Crippen molar-refractivity contribution in [3.63, 3.8) is 0 Å². The summed E-state index contributed by atoms with van der Waals surface area (Å²) in [6.45, 7) is 7.91. The predicted octanol–water partition coefficient (Wildman–Crippen LogP) is 3.68. The van der Waals surface area contributed by atoms with Crippen LogP contribution in [0.15, 0.2) is 42.7 Å². The number of likely N-dealkylation sites (tertiary alicyclic amines) is 1. The van der Waals surface area contributed by atoms with E-state index in [4.69, 9.17) is 4.74 Å². The lowest BCUT2D eigenvalue weighted by molar-refractivity contribution is -0.160. The van der Waals surface area contributed by atoms with Crippen molar-refractivity contribution >= 4 is 5.97 Å². The van der Waals surface area contributed by atoms with Gasteiger partial charge in [-0.05, 0) is 51.6 Å². The van der Waals surface area contributed by atoms with E-state index in [9.17, 15) is 4.79 Å². The SMILES string of the molecule is CCOC(=O)[C@@]1(CCc2ccccc2)CCCN(Cc2nccn2CC)C1. The number of aryl methyl sites for hydroxylation is 2. The van der Waals surface area contributed by atoms with Crippen LogP contribution in [0.5, 0.6) is 0 Å². The minimum Gasteiger partial charge on any atom is -0.466 e.